The van der Waals surface area contributed by atoms with Crippen molar-refractivity contribution in [2.75, 3.05) is 0 Å². The van der Waals surface area contributed by atoms with E-state index in [0.717, 1.165) is 12.1 Å². The van der Waals surface area contributed by atoms with E-state index < -0.39 is 30.1 Å². The summed E-state index contributed by atoms with van der Waals surface area (Å²) in [5.41, 5.74) is -1.56. The number of hydrogen-bond acceptors (Lipinski definition) is 2. The van der Waals surface area contributed by atoms with E-state index in [-0.39, 0.29) is 0 Å². The van der Waals surface area contributed by atoms with Crippen LogP contribution in [0.5, 0.6) is 0 Å². The average molecular weight is 351 g/mol. The summed E-state index contributed by atoms with van der Waals surface area (Å²) in [6.07, 6.45) is -4.39. The highest BCUT2D eigenvalue weighted by Crippen LogP contribution is 2.37. The summed E-state index contributed by atoms with van der Waals surface area (Å²) >= 11 is 3.25. The van der Waals surface area contributed by atoms with Gasteiger partial charge in [0.1, 0.15) is 0 Å². The van der Waals surface area contributed by atoms with E-state index in [2.05, 4.69) is 15.9 Å². The number of halogens is 4. The molecule has 1 aliphatic rings. The zero-order valence-electron chi connectivity index (χ0n) is 11.6. The summed E-state index contributed by atoms with van der Waals surface area (Å²) in [6, 6.07) is 3.45. The third-order valence-electron chi connectivity index (χ3n) is 3.83. The van der Waals surface area contributed by atoms with E-state index >= 15 is 0 Å². The Labute approximate surface area is 124 Å². The van der Waals surface area contributed by atoms with Crippen molar-refractivity contribution < 1.29 is 22.5 Å². The third kappa shape index (κ3) is 2.76. The van der Waals surface area contributed by atoms with Gasteiger partial charge in [-0.1, -0.05) is 15.9 Å². The molecule has 1 aliphatic heterocycles. The zero-order valence-corrected chi connectivity index (χ0v) is 13.2. The maximum absolute atomic E-state index is 12.8. The van der Waals surface area contributed by atoms with Crippen molar-refractivity contribution in [1.29, 1.82) is 0 Å². The molecule has 1 heterocycles. The van der Waals surface area contributed by atoms with Gasteiger partial charge in [0.2, 0.25) is 0 Å². The molecule has 2 rings (SSSR count). The van der Waals surface area contributed by atoms with Crippen molar-refractivity contribution in [2.24, 2.45) is 0 Å². The standard InChI is InChI=1S/C13H15BBrF3O2/c1-11(2)12(3,4)20-14(19-11)9-7-8(13(16,17)18)5-6-10(9)15/h5-7H,1-4H3. The second-order valence-electron chi connectivity index (χ2n) is 5.82. The van der Waals surface area contributed by atoms with Crippen LogP contribution in [0.4, 0.5) is 13.2 Å². The Morgan fingerprint density at radius 3 is 2.00 bits per heavy atom. The Kier molecular flexibility index (Phi) is 3.76. The molecule has 0 atom stereocenters. The third-order valence-corrected chi connectivity index (χ3v) is 4.55. The molecule has 20 heavy (non-hydrogen) atoms. The van der Waals surface area contributed by atoms with E-state index in [1.54, 1.807) is 0 Å². The Hall–Kier alpha value is -0.525. The molecule has 110 valence electrons. The van der Waals surface area contributed by atoms with Gasteiger partial charge < -0.3 is 9.31 Å². The van der Waals surface area contributed by atoms with Gasteiger partial charge >= 0.3 is 13.3 Å². The van der Waals surface area contributed by atoms with Gasteiger partial charge in [-0.2, -0.15) is 13.2 Å². The van der Waals surface area contributed by atoms with Crippen LogP contribution in [0.25, 0.3) is 0 Å². The molecule has 1 saturated heterocycles. The molecule has 0 N–H and O–H groups in total. The molecular formula is C13H15BBrF3O2. The van der Waals surface area contributed by atoms with Crippen molar-refractivity contribution in [3.8, 4) is 0 Å². The van der Waals surface area contributed by atoms with Crippen LogP contribution in [-0.4, -0.2) is 18.3 Å². The van der Waals surface area contributed by atoms with Gasteiger partial charge in [0.05, 0.1) is 16.8 Å². The van der Waals surface area contributed by atoms with Crippen LogP contribution in [0.15, 0.2) is 22.7 Å². The second-order valence-corrected chi connectivity index (χ2v) is 6.68. The first kappa shape index (κ1) is 15.9. The maximum atomic E-state index is 12.8. The fourth-order valence-electron chi connectivity index (χ4n) is 1.87. The van der Waals surface area contributed by atoms with Gasteiger partial charge in [-0.05, 0) is 51.4 Å². The first-order chi connectivity index (χ1) is 8.94. The largest absolute Gasteiger partial charge is 0.496 e. The molecule has 0 unspecified atom stereocenters. The van der Waals surface area contributed by atoms with Gasteiger partial charge in [0.25, 0.3) is 0 Å². The van der Waals surface area contributed by atoms with E-state index in [1.807, 2.05) is 27.7 Å². The first-order valence-corrected chi connectivity index (χ1v) is 6.96. The molecule has 1 aromatic carbocycles. The molecule has 1 aromatic rings. The summed E-state index contributed by atoms with van der Waals surface area (Å²) in [6.45, 7) is 7.42. The van der Waals surface area contributed by atoms with E-state index in [9.17, 15) is 13.2 Å². The highest BCUT2D eigenvalue weighted by atomic mass is 79.9. The fourth-order valence-corrected chi connectivity index (χ4v) is 2.30. The Bertz CT molecular complexity index is 513. The summed E-state index contributed by atoms with van der Waals surface area (Å²) < 4.78 is 50.5. The predicted molar refractivity (Wildman–Crippen MR) is 74.9 cm³/mol. The Morgan fingerprint density at radius 2 is 1.55 bits per heavy atom. The van der Waals surface area contributed by atoms with Crippen LogP contribution in [0, 0.1) is 0 Å². The van der Waals surface area contributed by atoms with Crippen LogP contribution < -0.4 is 5.46 Å². The summed E-state index contributed by atoms with van der Waals surface area (Å²) in [5.74, 6) is 0. The molecule has 0 saturated carbocycles. The van der Waals surface area contributed by atoms with Crippen molar-refractivity contribution >= 4 is 28.5 Å². The van der Waals surface area contributed by atoms with Gasteiger partial charge in [0, 0.05) is 4.47 Å². The minimum atomic E-state index is -4.39. The van der Waals surface area contributed by atoms with Crippen molar-refractivity contribution in [3.05, 3.63) is 28.2 Å². The number of hydrogen-bond donors (Lipinski definition) is 0. The smallest absolute Gasteiger partial charge is 0.399 e. The second kappa shape index (κ2) is 4.75. The van der Waals surface area contributed by atoms with Crippen LogP contribution in [0.2, 0.25) is 0 Å². The van der Waals surface area contributed by atoms with E-state index in [0.29, 0.717) is 9.94 Å². The van der Waals surface area contributed by atoms with E-state index in [4.69, 9.17) is 9.31 Å². The minimum absolute atomic E-state index is 0.346. The van der Waals surface area contributed by atoms with Gasteiger partial charge in [-0.25, -0.2) is 0 Å². The summed E-state index contributed by atoms with van der Waals surface area (Å²) in [5, 5.41) is 0. The number of rotatable bonds is 1. The fraction of sp³-hybridized carbons (Fsp3) is 0.538. The molecule has 0 bridgehead atoms. The SMILES string of the molecule is CC1(C)OB(c2cc(C(F)(F)F)ccc2Br)OC1(C)C. The zero-order chi connectivity index (χ0) is 15.3. The lowest BCUT2D eigenvalue weighted by atomic mass is 9.78. The molecule has 0 radical (unpaired) electrons. The molecule has 0 spiro atoms. The number of benzene rings is 1. The molecule has 7 heteroatoms. The summed E-state index contributed by atoms with van der Waals surface area (Å²) in [4.78, 5) is 0. The monoisotopic (exact) mass is 350 g/mol. The topological polar surface area (TPSA) is 18.5 Å². The number of alkyl halides is 3. The Balaban J connectivity index is 2.40. The predicted octanol–water partition coefficient (Wildman–Crippen LogP) is 3.77. The average Bonchev–Trinajstić information content (AvgIpc) is 2.46. The van der Waals surface area contributed by atoms with Crippen LogP contribution in [-0.2, 0) is 15.5 Å². The van der Waals surface area contributed by atoms with Gasteiger partial charge in [-0.3, -0.25) is 0 Å². The molecule has 0 aliphatic carbocycles. The lowest BCUT2D eigenvalue weighted by Crippen LogP contribution is -2.41. The first-order valence-electron chi connectivity index (χ1n) is 6.16. The van der Waals surface area contributed by atoms with Crippen molar-refractivity contribution in [3.63, 3.8) is 0 Å². The van der Waals surface area contributed by atoms with Crippen LogP contribution in [0.3, 0.4) is 0 Å². The molecule has 1 fully saturated rings. The minimum Gasteiger partial charge on any atom is -0.399 e. The normalized spacial score (nSPS) is 21.3. The molecule has 0 aromatic heterocycles. The lowest BCUT2D eigenvalue weighted by molar-refractivity contribution is -0.137. The highest BCUT2D eigenvalue weighted by molar-refractivity contribution is 9.10. The highest BCUT2D eigenvalue weighted by Gasteiger charge is 2.52. The van der Waals surface area contributed by atoms with Crippen LogP contribution >= 0.6 is 15.9 Å². The molecule has 2 nitrogen and oxygen atoms in total. The van der Waals surface area contributed by atoms with Crippen molar-refractivity contribution in [2.45, 2.75) is 45.1 Å². The molecule has 0 amide bonds. The van der Waals surface area contributed by atoms with Crippen LogP contribution in [0.1, 0.15) is 33.3 Å². The summed E-state index contributed by atoms with van der Waals surface area (Å²) in [7, 11) is -0.823. The van der Waals surface area contributed by atoms with Gasteiger partial charge in [-0.15, -0.1) is 0 Å². The quantitative estimate of drug-likeness (QED) is 0.718. The van der Waals surface area contributed by atoms with Gasteiger partial charge in [0.15, 0.2) is 0 Å². The lowest BCUT2D eigenvalue weighted by Gasteiger charge is -2.32. The Morgan fingerprint density at radius 1 is 1.05 bits per heavy atom. The maximum Gasteiger partial charge on any atom is 0.496 e. The van der Waals surface area contributed by atoms with E-state index in [1.165, 1.54) is 6.07 Å². The molecular weight excluding hydrogens is 336 g/mol. The van der Waals surface area contributed by atoms with Crippen molar-refractivity contribution in [1.82, 2.24) is 0 Å².